The molecule has 1 N–H and O–H groups in total. The zero-order chi connectivity index (χ0) is 22.0. The molecule has 0 saturated heterocycles. The van der Waals surface area contributed by atoms with Crippen molar-refractivity contribution in [1.29, 1.82) is 0 Å². The van der Waals surface area contributed by atoms with E-state index in [4.69, 9.17) is 21.6 Å². The van der Waals surface area contributed by atoms with Crippen molar-refractivity contribution < 1.29 is 9.90 Å². The smallest absolute Gasteiger partial charge is 0.313 e. The summed E-state index contributed by atoms with van der Waals surface area (Å²) in [5.74, 6) is -0.115. The van der Waals surface area contributed by atoms with E-state index in [0.29, 0.717) is 10.2 Å². The van der Waals surface area contributed by atoms with Gasteiger partial charge in [-0.15, -0.1) is 17.0 Å². The summed E-state index contributed by atoms with van der Waals surface area (Å²) in [7, 11) is 0. The fourth-order valence-corrected chi connectivity index (χ4v) is 5.44. The molecule has 0 unspecified atom stereocenters. The maximum absolute atomic E-state index is 11.3. The lowest BCUT2D eigenvalue weighted by Gasteiger charge is -2.36. The number of para-hydroxylation sites is 1. The summed E-state index contributed by atoms with van der Waals surface area (Å²) in [6.07, 6.45) is 4.94. The Labute approximate surface area is 208 Å². The molecule has 2 aromatic carbocycles. The van der Waals surface area contributed by atoms with Crippen LogP contribution in [0.15, 0.2) is 52.4 Å². The Morgan fingerprint density at radius 3 is 2.53 bits per heavy atom. The first-order valence-electron chi connectivity index (χ1n) is 10.6. The molecule has 2 aliphatic rings. The van der Waals surface area contributed by atoms with Crippen LogP contribution < -0.4 is 4.90 Å². The highest BCUT2D eigenvalue weighted by Crippen LogP contribution is 2.46. The van der Waals surface area contributed by atoms with Crippen LogP contribution in [-0.4, -0.2) is 33.4 Å². The molecule has 0 atom stereocenters. The fourth-order valence-electron chi connectivity index (χ4n) is 4.51. The molecule has 1 saturated carbocycles. The molecule has 1 aliphatic carbocycles. The van der Waals surface area contributed by atoms with Crippen molar-refractivity contribution in [3.63, 3.8) is 0 Å². The molecule has 1 heterocycles. The number of hydrogen-bond acceptors (Lipinski definition) is 4. The highest BCUT2D eigenvalue weighted by Gasteiger charge is 2.51. The molecule has 1 spiro atoms. The van der Waals surface area contributed by atoms with Crippen LogP contribution in [-0.2, 0) is 11.2 Å². The minimum atomic E-state index is -0.859. The third-order valence-corrected chi connectivity index (χ3v) is 7.17. The number of halogens is 2. The average molecular weight is 537 g/mol. The number of aliphatic imine (C=N–C) groups is 2. The Morgan fingerprint density at radius 2 is 1.91 bits per heavy atom. The van der Waals surface area contributed by atoms with E-state index in [2.05, 4.69) is 36.9 Å². The number of rotatable bonds is 5. The van der Waals surface area contributed by atoms with Gasteiger partial charge < -0.3 is 10.0 Å². The number of carboxylic acid groups (broad SMARTS) is 1. The number of anilines is 1. The second-order valence-electron chi connectivity index (χ2n) is 8.00. The Bertz CT molecular complexity index is 1050. The lowest BCUT2D eigenvalue weighted by molar-refractivity contribution is -0.133. The van der Waals surface area contributed by atoms with Crippen molar-refractivity contribution in [1.82, 2.24) is 0 Å². The molecule has 1 fully saturated rings. The molecule has 0 aromatic heterocycles. The zero-order valence-corrected chi connectivity index (χ0v) is 21.5. The summed E-state index contributed by atoms with van der Waals surface area (Å²) >= 11 is 7.39. The molecule has 5 nitrogen and oxygen atoms in total. The van der Waals surface area contributed by atoms with Gasteiger partial charge in [0.15, 0.2) is 11.0 Å². The molecular formula is C24H27BrClN3O2S. The minimum absolute atomic E-state index is 0. The molecule has 170 valence electrons. The van der Waals surface area contributed by atoms with E-state index < -0.39 is 5.97 Å². The third kappa shape index (κ3) is 4.75. The minimum Gasteiger partial charge on any atom is -0.481 e. The van der Waals surface area contributed by atoms with Gasteiger partial charge >= 0.3 is 5.97 Å². The molecule has 2 aromatic rings. The highest BCUT2D eigenvalue weighted by atomic mass is 79.9. The van der Waals surface area contributed by atoms with Crippen LogP contribution in [0.25, 0.3) is 0 Å². The second-order valence-corrected chi connectivity index (χ2v) is 9.38. The van der Waals surface area contributed by atoms with Crippen LogP contribution in [0.3, 0.4) is 0 Å². The molecule has 1 aliphatic heterocycles. The number of carbonyl (C=O) groups is 1. The summed E-state index contributed by atoms with van der Waals surface area (Å²) in [5.41, 5.74) is 3.91. The summed E-state index contributed by atoms with van der Waals surface area (Å²) < 4.78 is 0. The van der Waals surface area contributed by atoms with Gasteiger partial charge in [0.25, 0.3) is 0 Å². The number of aryl methyl sites for hydroxylation is 2. The molecule has 8 heteroatoms. The highest BCUT2D eigenvalue weighted by molar-refractivity contribution is 8.93. The molecule has 4 rings (SSSR count). The van der Waals surface area contributed by atoms with Crippen molar-refractivity contribution in [3.8, 4) is 0 Å². The monoisotopic (exact) mass is 535 g/mol. The van der Waals surface area contributed by atoms with Crippen LogP contribution in [0.1, 0.15) is 43.7 Å². The van der Waals surface area contributed by atoms with Crippen molar-refractivity contribution in [2.24, 2.45) is 9.98 Å². The third-order valence-electron chi connectivity index (χ3n) is 6.00. The van der Waals surface area contributed by atoms with Gasteiger partial charge in [0.05, 0.1) is 11.4 Å². The van der Waals surface area contributed by atoms with E-state index in [1.165, 1.54) is 17.3 Å². The summed E-state index contributed by atoms with van der Waals surface area (Å²) in [6.45, 7) is 4.21. The molecule has 0 amide bonds. The normalized spacial score (nSPS) is 18.2. The van der Waals surface area contributed by atoms with Crippen LogP contribution in [0.2, 0.25) is 5.02 Å². The Balaban J connectivity index is 0.00000289. The van der Waals surface area contributed by atoms with Crippen LogP contribution >= 0.6 is 40.3 Å². The van der Waals surface area contributed by atoms with Gasteiger partial charge in [0.1, 0.15) is 5.54 Å². The molecule has 32 heavy (non-hydrogen) atoms. The van der Waals surface area contributed by atoms with Gasteiger partial charge in [-0.05, 0) is 61.6 Å². The molecule has 0 bridgehead atoms. The SMILES string of the molecule is Br.CCc1cccc(C)c1N=C1N=C(SCC(=O)O)N(c2ccc(Cl)cc2)C12CCCC2. The fraction of sp³-hybridized carbons (Fsp3) is 0.375. The number of hydrogen-bond donors (Lipinski definition) is 1. The predicted molar refractivity (Wildman–Crippen MR) is 141 cm³/mol. The van der Waals surface area contributed by atoms with Gasteiger partial charge in [-0.3, -0.25) is 4.79 Å². The van der Waals surface area contributed by atoms with Crippen LogP contribution in [0.5, 0.6) is 0 Å². The zero-order valence-electron chi connectivity index (χ0n) is 18.2. The Morgan fingerprint density at radius 1 is 1.22 bits per heavy atom. The van der Waals surface area contributed by atoms with E-state index in [0.717, 1.165) is 54.9 Å². The van der Waals surface area contributed by atoms with E-state index in [1.807, 2.05) is 24.3 Å². The van der Waals surface area contributed by atoms with Gasteiger partial charge in [0.2, 0.25) is 0 Å². The molecular weight excluding hydrogens is 510 g/mol. The number of carboxylic acids is 1. The Hall–Kier alpha value is -1.83. The lowest BCUT2D eigenvalue weighted by atomic mass is 9.94. The molecule has 0 radical (unpaired) electrons. The number of nitrogens with zero attached hydrogens (tertiary/aromatic N) is 3. The summed E-state index contributed by atoms with van der Waals surface area (Å²) in [6, 6.07) is 13.9. The first-order chi connectivity index (χ1) is 14.9. The quantitative estimate of drug-likeness (QED) is 0.455. The van der Waals surface area contributed by atoms with Gasteiger partial charge in [-0.25, -0.2) is 9.98 Å². The summed E-state index contributed by atoms with van der Waals surface area (Å²) in [5, 5.41) is 10.6. The maximum atomic E-state index is 11.3. The maximum Gasteiger partial charge on any atom is 0.313 e. The van der Waals surface area contributed by atoms with Crippen molar-refractivity contribution in [2.45, 2.75) is 51.5 Å². The summed E-state index contributed by atoms with van der Waals surface area (Å²) in [4.78, 5) is 23.6. The lowest BCUT2D eigenvalue weighted by Crippen LogP contribution is -2.49. The first-order valence-corrected chi connectivity index (χ1v) is 12.0. The largest absolute Gasteiger partial charge is 0.481 e. The van der Waals surface area contributed by atoms with Gasteiger partial charge in [0, 0.05) is 10.7 Å². The topological polar surface area (TPSA) is 65.3 Å². The van der Waals surface area contributed by atoms with Gasteiger partial charge in [-0.2, -0.15) is 0 Å². The predicted octanol–water partition coefficient (Wildman–Crippen LogP) is 6.83. The Kier molecular flexibility index (Phi) is 8.06. The number of amidine groups is 2. The van der Waals surface area contributed by atoms with E-state index in [9.17, 15) is 9.90 Å². The van der Waals surface area contributed by atoms with Crippen LogP contribution in [0, 0.1) is 6.92 Å². The van der Waals surface area contributed by atoms with Crippen molar-refractivity contribution in [2.75, 3.05) is 10.7 Å². The number of benzene rings is 2. The van der Waals surface area contributed by atoms with Gasteiger partial charge in [-0.1, -0.05) is 61.3 Å². The standard InChI is InChI=1S/C24H26ClN3O2S.BrH/c1-3-17-8-6-7-16(2)21(17)26-22-24(13-4-5-14-24)28(19-11-9-18(25)10-12-19)23(27-22)31-15-20(29)30;/h6-12H,3-5,13-15H2,1-2H3,(H,29,30);1H. The first kappa shape index (κ1) is 24.8. The number of aliphatic carboxylic acids is 1. The number of thioether (sulfide) groups is 1. The van der Waals surface area contributed by atoms with E-state index >= 15 is 0 Å². The van der Waals surface area contributed by atoms with Crippen LogP contribution in [0.4, 0.5) is 11.4 Å². The van der Waals surface area contributed by atoms with E-state index in [-0.39, 0.29) is 28.3 Å². The van der Waals surface area contributed by atoms with Crippen molar-refractivity contribution in [3.05, 3.63) is 58.6 Å². The van der Waals surface area contributed by atoms with E-state index in [1.54, 1.807) is 0 Å². The van der Waals surface area contributed by atoms with Crippen molar-refractivity contribution >= 4 is 68.7 Å². The second kappa shape index (κ2) is 10.4. The average Bonchev–Trinajstić information content (AvgIpc) is 3.35.